The summed E-state index contributed by atoms with van der Waals surface area (Å²) in [5.41, 5.74) is 5.54. The number of hydrogen-bond acceptors (Lipinski definition) is 3. The molecule has 1 rings (SSSR count). The van der Waals surface area contributed by atoms with E-state index in [1.165, 1.54) is 0 Å². The molecule has 0 amide bonds. The number of hydrogen-bond donors (Lipinski definition) is 1. The second kappa shape index (κ2) is 4.97. The Balaban J connectivity index is 2.44. The molecule has 1 aromatic heterocycles. The monoisotopic (exact) mass is 182 g/mol. The topological polar surface area (TPSA) is 56.7 Å². The molecule has 13 heavy (non-hydrogen) atoms. The molecule has 0 aliphatic heterocycles. The summed E-state index contributed by atoms with van der Waals surface area (Å²) in [5.74, 6) is 1.64. The second-order valence-corrected chi connectivity index (χ2v) is 3.41. The van der Waals surface area contributed by atoms with Crippen molar-refractivity contribution in [1.29, 1.82) is 0 Å². The lowest BCUT2D eigenvalue weighted by atomic mass is 10.1. The lowest BCUT2D eigenvalue weighted by Gasteiger charge is -2.07. The van der Waals surface area contributed by atoms with Gasteiger partial charge in [0.25, 0.3) is 0 Å². The van der Waals surface area contributed by atoms with Crippen LogP contribution in [-0.4, -0.2) is 21.3 Å². The number of rotatable bonds is 5. The Bertz CT molecular complexity index is 244. The fourth-order valence-electron chi connectivity index (χ4n) is 1.23. The Morgan fingerprint density at radius 2 is 2.38 bits per heavy atom. The largest absolute Gasteiger partial charge is 0.330 e. The molecule has 0 aliphatic carbocycles. The summed E-state index contributed by atoms with van der Waals surface area (Å²) in [5, 5.41) is 7.94. The molecule has 2 N–H and O–H groups in total. The van der Waals surface area contributed by atoms with Crippen LogP contribution in [0, 0.1) is 5.92 Å². The van der Waals surface area contributed by atoms with Gasteiger partial charge in [0, 0.05) is 13.0 Å². The summed E-state index contributed by atoms with van der Waals surface area (Å²) in [4.78, 5) is 0. The molecule has 1 aromatic rings. The molecule has 1 heterocycles. The van der Waals surface area contributed by atoms with Gasteiger partial charge in [0.05, 0.1) is 0 Å². The summed E-state index contributed by atoms with van der Waals surface area (Å²) >= 11 is 0. The van der Waals surface area contributed by atoms with E-state index in [2.05, 4.69) is 28.6 Å². The summed E-state index contributed by atoms with van der Waals surface area (Å²) in [7, 11) is 0. The molecule has 0 saturated carbocycles. The van der Waals surface area contributed by atoms with Gasteiger partial charge >= 0.3 is 0 Å². The average Bonchev–Trinajstić information content (AvgIpc) is 2.61. The van der Waals surface area contributed by atoms with Crippen molar-refractivity contribution in [1.82, 2.24) is 14.8 Å². The maximum Gasteiger partial charge on any atom is 0.132 e. The minimum absolute atomic E-state index is 0.571. The molecule has 74 valence electrons. The zero-order valence-electron chi connectivity index (χ0n) is 8.40. The van der Waals surface area contributed by atoms with E-state index >= 15 is 0 Å². The van der Waals surface area contributed by atoms with Gasteiger partial charge in [-0.15, -0.1) is 10.2 Å². The molecule has 0 aliphatic rings. The second-order valence-electron chi connectivity index (χ2n) is 3.41. The van der Waals surface area contributed by atoms with Gasteiger partial charge in [-0.1, -0.05) is 6.92 Å². The summed E-state index contributed by atoms with van der Waals surface area (Å²) < 4.78 is 2.07. The fraction of sp³-hybridized carbons (Fsp3) is 0.778. The molecule has 0 radical (unpaired) electrons. The van der Waals surface area contributed by atoms with Gasteiger partial charge in [0.15, 0.2) is 0 Å². The Labute approximate surface area is 79.2 Å². The van der Waals surface area contributed by atoms with Gasteiger partial charge < -0.3 is 10.3 Å². The summed E-state index contributed by atoms with van der Waals surface area (Å²) in [6.45, 7) is 5.95. The minimum atomic E-state index is 0.571. The maximum atomic E-state index is 5.54. The first-order valence-electron chi connectivity index (χ1n) is 4.84. The van der Waals surface area contributed by atoms with Gasteiger partial charge in [-0.2, -0.15) is 0 Å². The van der Waals surface area contributed by atoms with Crippen LogP contribution >= 0.6 is 0 Å². The standard InChI is InChI=1S/C9H18N4/c1-3-13-7-11-12-9(13)5-4-8(2)6-10/h7-8H,3-6,10H2,1-2H3. The first-order chi connectivity index (χ1) is 6.27. The van der Waals surface area contributed by atoms with Crippen LogP contribution in [0.2, 0.25) is 0 Å². The highest BCUT2D eigenvalue weighted by atomic mass is 15.3. The van der Waals surface area contributed by atoms with Crippen molar-refractivity contribution in [2.75, 3.05) is 6.54 Å². The molecule has 1 atom stereocenters. The van der Waals surface area contributed by atoms with Crippen molar-refractivity contribution in [2.24, 2.45) is 11.7 Å². The van der Waals surface area contributed by atoms with Crippen molar-refractivity contribution in [3.8, 4) is 0 Å². The van der Waals surface area contributed by atoms with Crippen LogP contribution in [0.15, 0.2) is 6.33 Å². The molecule has 0 fully saturated rings. The highest BCUT2D eigenvalue weighted by molar-refractivity contribution is 4.85. The molecule has 1 unspecified atom stereocenters. The zero-order valence-corrected chi connectivity index (χ0v) is 8.40. The van der Waals surface area contributed by atoms with Gasteiger partial charge in [-0.3, -0.25) is 0 Å². The Morgan fingerprint density at radius 3 is 3.00 bits per heavy atom. The number of nitrogens with zero attached hydrogens (tertiary/aromatic N) is 3. The SMILES string of the molecule is CCn1cnnc1CCC(C)CN. The predicted octanol–water partition coefficient (Wildman–Crippen LogP) is 0.825. The van der Waals surface area contributed by atoms with E-state index in [0.717, 1.165) is 31.8 Å². The van der Waals surface area contributed by atoms with E-state index in [4.69, 9.17) is 5.73 Å². The third-order valence-corrected chi connectivity index (χ3v) is 2.30. The molecule has 4 nitrogen and oxygen atoms in total. The third-order valence-electron chi connectivity index (χ3n) is 2.30. The van der Waals surface area contributed by atoms with Crippen LogP contribution in [0.3, 0.4) is 0 Å². The van der Waals surface area contributed by atoms with Crippen LogP contribution in [0.25, 0.3) is 0 Å². The molecule has 4 heteroatoms. The van der Waals surface area contributed by atoms with E-state index in [1.54, 1.807) is 6.33 Å². The lowest BCUT2D eigenvalue weighted by molar-refractivity contribution is 0.525. The maximum absolute atomic E-state index is 5.54. The van der Waals surface area contributed by atoms with E-state index in [1.807, 2.05) is 0 Å². The minimum Gasteiger partial charge on any atom is -0.330 e. The van der Waals surface area contributed by atoms with Gasteiger partial charge in [-0.05, 0) is 25.8 Å². The Kier molecular flexibility index (Phi) is 3.89. The van der Waals surface area contributed by atoms with Crippen LogP contribution in [0.5, 0.6) is 0 Å². The van der Waals surface area contributed by atoms with Crippen LogP contribution < -0.4 is 5.73 Å². The normalized spacial score (nSPS) is 13.2. The molecule has 0 aromatic carbocycles. The number of nitrogens with two attached hydrogens (primary N) is 1. The van der Waals surface area contributed by atoms with E-state index in [-0.39, 0.29) is 0 Å². The van der Waals surface area contributed by atoms with Crippen molar-refractivity contribution < 1.29 is 0 Å². The lowest BCUT2D eigenvalue weighted by Crippen LogP contribution is -2.12. The number of aryl methyl sites for hydroxylation is 2. The van der Waals surface area contributed by atoms with Crippen molar-refractivity contribution in [3.05, 3.63) is 12.2 Å². The van der Waals surface area contributed by atoms with E-state index in [9.17, 15) is 0 Å². The first kappa shape index (κ1) is 10.2. The van der Waals surface area contributed by atoms with Crippen molar-refractivity contribution in [2.45, 2.75) is 33.2 Å². The Morgan fingerprint density at radius 1 is 1.62 bits per heavy atom. The average molecular weight is 182 g/mol. The van der Waals surface area contributed by atoms with Gasteiger partial charge in [0.1, 0.15) is 12.2 Å². The van der Waals surface area contributed by atoms with Crippen LogP contribution in [-0.2, 0) is 13.0 Å². The summed E-state index contributed by atoms with van der Waals surface area (Å²) in [6, 6.07) is 0. The smallest absolute Gasteiger partial charge is 0.132 e. The first-order valence-corrected chi connectivity index (χ1v) is 4.84. The molecular weight excluding hydrogens is 164 g/mol. The number of aromatic nitrogens is 3. The summed E-state index contributed by atoms with van der Waals surface area (Å²) in [6.07, 6.45) is 3.85. The highest BCUT2D eigenvalue weighted by Crippen LogP contribution is 2.05. The molecule has 0 saturated heterocycles. The fourth-order valence-corrected chi connectivity index (χ4v) is 1.23. The highest BCUT2D eigenvalue weighted by Gasteiger charge is 2.05. The van der Waals surface area contributed by atoms with Crippen molar-refractivity contribution in [3.63, 3.8) is 0 Å². The Hall–Kier alpha value is -0.900. The predicted molar refractivity (Wildman–Crippen MR) is 52.2 cm³/mol. The zero-order chi connectivity index (χ0) is 9.68. The molecule has 0 spiro atoms. The molecule has 0 bridgehead atoms. The third kappa shape index (κ3) is 2.81. The van der Waals surface area contributed by atoms with Crippen LogP contribution in [0.1, 0.15) is 26.1 Å². The van der Waals surface area contributed by atoms with E-state index in [0.29, 0.717) is 5.92 Å². The quantitative estimate of drug-likeness (QED) is 0.733. The van der Waals surface area contributed by atoms with Gasteiger partial charge in [0.2, 0.25) is 0 Å². The van der Waals surface area contributed by atoms with Crippen LogP contribution in [0.4, 0.5) is 0 Å². The van der Waals surface area contributed by atoms with Gasteiger partial charge in [-0.25, -0.2) is 0 Å². The van der Waals surface area contributed by atoms with E-state index < -0.39 is 0 Å². The van der Waals surface area contributed by atoms with Crippen molar-refractivity contribution >= 4 is 0 Å². The molecular formula is C9H18N4.